The van der Waals surface area contributed by atoms with Crippen LogP contribution in [0.25, 0.3) is 0 Å². The van der Waals surface area contributed by atoms with Crippen LogP contribution in [0.5, 0.6) is 0 Å². The Bertz CT molecular complexity index is 511. The van der Waals surface area contributed by atoms with Gasteiger partial charge in [-0.1, -0.05) is 13.8 Å². The summed E-state index contributed by atoms with van der Waals surface area (Å²) in [5, 5.41) is 13.8. The van der Waals surface area contributed by atoms with Gasteiger partial charge in [-0.05, 0) is 18.1 Å². The Morgan fingerprint density at radius 2 is 1.90 bits per heavy atom. The first-order chi connectivity index (χ1) is 9.31. The fourth-order valence-corrected chi connectivity index (χ4v) is 1.55. The van der Waals surface area contributed by atoms with Gasteiger partial charge in [0, 0.05) is 13.1 Å². The minimum Gasteiger partial charge on any atom is -0.478 e. The monoisotopic (exact) mass is 279 g/mol. The zero-order valence-corrected chi connectivity index (χ0v) is 11.5. The molecule has 0 aliphatic heterocycles. The number of anilines is 1. The van der Waals surface area contributed by atoms with Crippen LogP contribution in [-0.2, 0) is 9.59 Å². The summed E-state index contributed by atoms with van der Waals surface area (Å²) < 4.78 is 0. The molecule has 1 aromatic rings. The molecule has 20 heavy (non-hydrogen) atoms. The van der Waals surface area contributed by atoms with Gasteiger partial charge >= 0.3 is 5.97 Å². The SMILES string of the molecule is CC(=O)NC(C(=O)Nc1ccc(C(=O)O)cn1)C(C)C. The fraction of sp³-hybridized carbons (Fsp3) is 0.385. The lowest BCUT2D eigenvalue weighted by atomic mass is 10.0. The minimum atomic E-state index is -1.09. The zero-order chi connectivity index (χ0) is 15.3. The van der Waals surface area contributed by atoms with Gasteiger partial charge in [0.25, 0.3) is 0 Å². The van der Waals surface area contributed by atoms with Crippen molar-refractivity contribution >= 4 is 23.6 Å². The van der Waals surface area contributed by atoms with E-state index in [1.807, 2.05) is 0 Å². The van der Waals surface area contributed by atoms with Crippen molar-refractivity contribution in [2.75, 3.05) is 5.32 Å². The molecule has 0 spiro atoms. The number of hydrogen-bond donors (Lipinski definition) is 3. The summed E-state index contributed by atoms with van der Waals surface area (Å²) in [5.41, 5.74) is 0.0327. The van der Waals surface area contributed by atoms with E-state index in [1.165, 1.54) is 19.1 Å². The van der Waals surface area contributed by atoms with Crippen LogP contribution in [0.3, 0.4) is 0 Å². The van der Waals surface area contributed by atoms with Crippen LogP contribution in [0.4, 0.5) is 5.82 Å². The molecule has 7 heteroatoms. The first kappa shape index (κ1) is 15.6. The molecule has 0 aliphatic carbocycles. The van der Waals surface area contributed by atoms with Crippen LogP contribution in [-0.4, -0.2) is 33.9 Å². The van der Waals surface area contributed by atoms with E-state index in [1.54, 1.807) is 13.8 Å². The Balaban J connectivity index is 2.77. The van der Waals surface area contributed by atoms with Gasteiger partial charge in [0.05, 0.1) is 5.56 Å². The summed E-state index contributed by atoms with van der Waals surface area (Å²) in [7, 11) is 0. The largest absolute Gasteiger partial charge is 0.478 e. The maximum Gasteiger partial charge on any atom is 0.337 e. The minimum absolute atomic E-state index is 0.0327. The molecule has 0 saturated heterocycles. The molecule has 0 radical (unpaired) electrons. The highest BCUT2D eigenvalue weighted by atomic mass is 16.4. The first-order valence-electron chi connectivity index (χ1n) is 6.08. The zero-order valence-electron chi connectivity index (χ0n) is 11.5. The number of pyridine rings is 1. The Morgan fingerprint density at radius 1 is 1.25 bits per heavy atom. The molecule has 0 bridgehead atoms. The summed E-state index contributed by atoms with van der Waals surface area (Å²) in [6, 6.07) is 2.06. The number of nitrogens with zero attached hydrogens (tertiary/aromatic N) is 1. The van der Waals surface area contributed by atoms with Gasteiger partial charge in [-0.3, -0.25) is 9.59 Å². The van der Waals surface area contributed by atoms with E-state index < -0.39 is 17.9 Å². The lowest BCUT2D eigenvalue weighted by molar-refractivity contribution is -0.126. The molecule has 0 aliphatic rings. The second kappa shape index (κ2) is 6.65. The van der Waals surface area contributed by atoms with Crippen LogP contribution in [0.1, 0.15) is 31.1 Å². The number of carbonyl (C=O) groups excluding carboxylic acids is 2. The van der Waals surface area contributed by atoms with Gasteiger partial charge in [0.1, 0.15) is 11.9 Å². The highest BCUT2D eigenvalue weighted by Gasteiger charge is 2.23. The molecule has 0 fully saturated rings. The van der Waals surface area contributed by atoms with E-state index in [-0.39, 0.29) is 23.2 Å². The molecular formula is C13H17N3O4. The second-order valence-electron chi connectivity index (χ2n) is 4.65. The van der Waals surface area contributed by atoms with Gasteiger partial charge in [0.2, 0.25) is 11.8 Å². The molecule has 7 nitrogen and oxygen atoms in total. The van der Waals surface area contributed by atoms with E-state index in [4.69, 9.17) is 5.11 Å². The first-order valence-corrected chi connectivity index (χ1v) is 6.08. The van der Waals surface area contributed by atoms with Crippen molar-refractivity contribution in [3.05, 3.63) is 23.9 Å². The van der Waals surface area contributed by atoms with Gasteiger partial charge < -0.3 is 15.7 Å². The third-order valence-electron chi connectivity index (χ3n) is 2.57. The maximum absolute atomic E-state index is 12.0. The number of aromatic nitrogens is 1. The van der Waals surface area contributed by atoms with Crippen LogP contribution < -0.4 is 10.6 Å². The van der Waals surface area contributed by atoms with Crippen molar-refractivity contribution in [1.29, 1.82) is 0 Å². The van der Waals surface area contributed by atoms with Gasteiger partial charge in [-0.15, -0.1) is 0 Å². The lowest BCUT2D eigenvalue weighted by Crippen LogP contribution is -2.46. The lowest BCUT2D eigenvalue weighted by Gasteiger charge is -2.20. The molecule has 0 aromatic carbocycles. The molecule has 1 rings (SSSR count). The molecule has 0 saturated carbocycles. The van der Waals surface area contributed by atoms with Crippen molar-refractivity contribution < 1.29 is 19.5 Å². The molecule has 1 aromatic heterocycles. The van der Waals surface area contributed by atoms with E-state index in [9.17, 15) is 14.4 Å². The molecule has 1 unspecified atom stereocenters. The van der Waals surface area contributed by atoms with E-state index in [2.05, 4.69) is 15.6 Å². The number of carboxylic acids is 1. The predicted molar refractivity (Wildman–Crippen MR) is 72.3 cm³/mol. The third kappa shape index (κ3) is 4.34. The molecular weight excluding hydrogens is 262 g/mol. The van der Waals surface area contributed by atoms with Gasteiger partial charge in [0.15, 0.2) is 0 Å². The quantitative estimate of drug-likeness (QED) is 0.741. The number of amides is 2. The fourth-order valence-electron chi connectivity index (χ4n) is 1.55. The maximum atomic E-state index is 12.0. The standard InChI is InChI=1S/C13H17N3O4/c1-7(2)11(15-8(3)17)12(18)16-10-5-4-9(6-14-10)13(19)20/h4-7,11H,1-3H3,(H,15,17)(H,19,20)(H,14,16,18). The van der Waals surface area contributed by atoms with Crippen molar-refractivity contribution in [2.24, 2.45) is 5.92 Å². The molecule has 108 valence electrons. The molecule has 3 N–H and O–H groups in total. The smallest absolute Gasteiger partial charge is 0.337 e. The highest BCUT2D eigenvalue weighted by molar-refractivity contribution is 5.96. The van der Waals surface area contributed by atoms with E-state index in [0.717, 1.165) is 6.20 Å². The summed E-state index contributed by atoms with van der Waals surface area (Å²) >= 11 is 0. The summed E-state index contributed by atoms with van der Waals surface area (Å²) in [6.45, 7) is 4.95. The van der Waals surface area contributed by atoms with Crippen molar-refractivity contribution in [3.8, 4) is 0 Å². The number of nitrogens with one attached hydrogen (secondary N) is 2. The van der Waals surface area contributed by atoms with Crippen LogP contribution in [0, 0.1) is 5.92 Å². The number of hydrogen-bond acceptors (Lipinski definition) is 4. The normalized spacial score (nSPS) is 11.8. The number of rotatable bonds is 5. The number of carbonyl (C=O) groups is 3. The number of aromatic carboxylic acids is 1. The van der Waals surface area contributed by atoms with Crippen LogP contribution in [0.15, 0.2) is 18.3 Å². The number of carboxylic acid groups (broad SMARTS) is 1. The molecule has 2 amide bonds. The Kier molecular flexibility index (Phi) is 5.19. The molecule has 1 atom stereocenters. The van der Waals surface area contributed by atoms with Gasteiger partial charge in [-0.25, -0.2) is 9.78 Å². The summed E-state index contributed by atoms with van der Waals surface area (Å²) in [4.78, 5) is 37.6. The summed E-state index contributed by atoms with van der Waals surface area (Å²) in [5.74, 6) is -1.64. The van der Waals surface area contributed by atoms with E-state index in [0.29, 0.717) is 0 Å². The van der Waals surface area contributed by atoms with E-state index >= 15 is 0 Å². The highest BCUT2D eigenvalue weighted by Crippen LogP contribution is 2.08. The van der Waals surface area contributed by atoms with Crippen molar-refractivity contribution in [3.63, 3.8) is 0 Å². The van der Waals surface area contributed by atoms with Gasteiger partial charge in [-0.2, -0.15) is 0 Å². The second-order valence-corrected chi connectivity index (χ2v) is 4.65. The third-order valence-corrected chi connectivity index (χ3v) is 2.57. The van der Waals surface area contributed by atoms with Crippen LogP contribution in [0.2, 0.25) is 0 Å². The Labute approximate surface area is 116 Å². The average Bonchev–Trinajstić information content (AvgIpc) is 2.35. The average molecular weight is 279 g/mol. The predicted octanol–water partition coefficient (Wildman–Crippen LogP) is 0.879. The van der Waals surface area contributed by atoms with Crippen LogP contribution >= 0.6 is 0 Å². The van der Waals surface area contributed by atoms with Crippen molar-refractivity contribution in [1.82, 2.24) is 10.3 Å². The topological polar surface area (TPSA) is 108 Å². The Morgan fingerprint density at radius 3 is 2.30 bits per heavy atom. The summed E-state index contributed by atoms with van der Waals surface area (Å²) in [6.07, 6.45) is 1.15. The molecule has 1 heterocycles. The Hall–Kier alpha value is -2.44. The van der Waals surface area contributed by atoms with Crippen molar-refractivity contribution in [2.45, 2.75) is 26.8 Å².